The molecule has 0 radical (unpaired) electrons. The lowest BCUT2D eigenvalue weighted by Gasteiger charge is -1.98. The van der Waals surface area contributed by atoms with E-state index >= 15 is 0 Å². The molecular formula is C6H7NO2S. The van der Waals surface area contributed by atoms with Gasteiger partial charge < -0.3 is 0 Å². The molecule has 0 aromatic rings. The van der Waals surface area contributed by atoms with Crippen molar-refractivity contribution < 1.29 is 8.42 Å². The van der Waals surface area contributed by atoms with Crippen LogP contribution in [0.2, 0.25) is 0 Å². The summed E-state index contributed by atoms with van der Waals surface area (Å²) in [5, 5.41) is 7.20. The lowest BCUT2D eigenvalue weighted by Crippen LogP contribution is -2.18. The van der Waals surface area contributed by atoms with Crippen LogP contribution >= 0.6 is 0 Å². The lowest BCUT2D eigenvalue weighted by atomic mass is 10.5. The third-order valence-corrected chi connectivity index (χ3v) is 2.76. The zero-order valence-corrected chi connectivity index (χ0v) is 6.35. The quantitative estimate of drug-likeness (QED) is 0.528. The van der Waals surface area contributed by atoms with Crippen molar-refractivity contribution in [2.75, 3.05) is 5.75 Å². The summed E-state index contributed by atoms with van der Waals surface area (Å²) < 4.78 is 21.6. The van der Waals surface area contributed by atoms with E-state index in [1.807, 2.05) is 5.92 Å². The molecule has 3 nitrogen and oxygen atoms in total. The fraction of sp³-hybridized carbons (Fsp3) is 0.500. The molecule has 0 heterocycles. The Hall–Kier alpha value is -1.00. The highest BCUT2D eigenvalue weighted by Gasteiger charge is 2.17. The van der Waals surface area contributed by atoms with E-state index in [1.165, 1.54) is 6.92 Å². The maximum absolute atomic E-state index is 10.8. The molecule has 0 aliphatic rings. The van der Waals surface area contributed by atoms with Gasteiger partial charge in [0, 0.05) is 0 Å². The SMILES string of the molecule is C#CCS(=O)(=O)C(C)C#N. The van der Waals surface area contributed by atoms with Gasteiger partial charge in [0.1, 0.15) is 11.0 Å². The molecule has 0 spiro atoms. The van der Waals surface area contributed by atoms with E-state index in [-0.39, 0.29) is 5.75 Å². The van der Waals surface area contributed by atoms with Crippen LogP contribution in [0.5, 0.6) is 0 Å². The Morgan fingerprint density at radius 3 is 2.50 bits per heavy atom. The van der Waals surface area contributed by atoms with Crippen molar-refractivity contribution >= 4 is 9.84 Å². The highest BCUT2D eigenvalue weighted by Crippen LogP contribution is 1.98. The maximum Gasteiger partial charge on any atom is 0.177 e. The number of nitrogens with zero attached hydrogens (tertiary/aromatic N) is 1. The summed E-state index contributed by atoms with van der Waals surface area (Å²) in [6.45, 7) is 1.31. The average Bonchev–Trinajstić information content (AvgIpc) is 1.86. The van der Waals surface area contributed by atoms with E-state index in [1.54, 1.807) is 6.07 Å². The fourth-order valence-corrected chi connectivity index (χ4v) is 0.964. The van der Waals surface area contributed by atoms with E-state index in [0.717, 1.165) is 0 Å². The van der Waals surface area contributed by atoms with Gasteiger partial charge in [-0.05, 0) is 6.92 Å². The third kappa shape index (κ3) is 2.08. The summed E-state index contributed by atoms with van der Waals surface area (Å²) in [5.41, 5.74) is 0. The summed E-state index contributed by atoms with van der Waals surface area (Å²) in [6.07, 6.45) is 4.77. The van der Waals surface area contributed by atoms with E-state index in [9.17, 15) is 8.42 Å². The zero-order valence-electron chi connectivity index (χ0n) is 5.53. The summed E-state index contributed by atoms with van der Waals surface area (Å²) in [5.74, 6) is 1.62. The van der Waals surface area contributed by atoms with Crippen LogP contribution in [0.1, 0.15) is 6.92 Å². The van der Waals surface area contributed by atoms with Crippen molar-refractivity contribution in [1.29, 1.82) is 5.26 Å². The van der Waals surface area contributed by atoms with Gasteiger partial charge in [0.25, 0.3) is 0 Å². The Kier molecular flexibility index (Phi) is 2.92. The summed E-state index contributed by atoms with van der Waals surface area (Å²) in [6, 6.07) is 1.61. The van der Waals surface area contributed by atoms with Crippen LogP contribution in [0.25, 0.3) is 0 Å². The molecule has 10 heavy (non-hydrogen) atoms. The van der Waals surface area contributed by atoms with Gasteiger partial charge in [-0.2, -0.15) is 5.26 Å². The van der Waals surface area contributed by atoms with Crippen molar-refractivity contribution in [2.45, 2.75) is 12.2 Å². The Bertz CT molecular complexity index is 278. The van der Waals surface area contributed by atoms with Gasteiger partial charge in [-0.3, -0.25) is 0 Å². The van der Waals surface area contributed by atoms with Crippen LogP contribution in [0.3, 0.4) is 0 Å². The molecule has 4 heteroatoms. The van der Waals surface area contributed by atoms with E-state index in [2.05, 4.69) is 0 Å². The second-order valence-corrected chi connectivity index (χ2v) is 4.10. The van der Waals surface area contributed by atoms with E-state index < -0.39 is 15.1 Å². The molecule has 0 aliphatic carbocycles. The number of terminal acetylenes is 1. The zero-order chi connectivity index (χ0) is 8.20. The van der Waals surface area contributed by atoms with E-state index in [4.69, 9.17) is 11.7 Å². The molecule has 0 bridgehead atoms. The van der Waals surface area contributed by atoms with Crippen LogP contribution in [0, 0.1) is 23.7 Å². The minimum atomic E-state index is -3.36. The van der Waals surface area contributed by atoms with Gasteiger partial charge in [0.15, 0.2) is 9.84 Å². The number of sulfone groups is 1. The minimum Gasteiger partial charge on any atom is -0.226 e. The Balaban J connectivity index is 4.50. The van der Waals surface area contributed by atoms with Crippen molar-refractivity contribution in [3.8, 4) is 18.4 Å². The number of hydrogen-bond acceptors (Lipinski definition) is 3. The highest BCUT2D eigenvalue weighted by molar-refractivity contribution is 7.92. The molecule has 1 atom stereocenters. The molecule has 0 saturated carbocycles. The average molecular weight is 157 g/mol. The molecule has 0 aliphatic heterocycles. The predicted octanol–water partition coefficient (Wildman–Crippen LogP) is -0.0535. The number of nitriles is 1. The predicted molar refractivity (Wildman–Crippen MR) is 37.7 cm³/mol. The molecule has 0 amide bonds. The molecule has 0 N–H and O–H groups in total. The number of rotatable bonds is 2. The lowest BCUT2D eigenvalue weighted by molar-refractivity contribution is 0.595. The molecule has 0 rings (SSSR count). The van der Waals surface area contributed by atoms with Crippen molar-refractivity contribution in [2.24, 2.45) is 0 Å². The Morgan fingerprint density at radius 1 is 1.70 bits per heavy atom. The topological polar surface area (TPSA) is 57.9 Å². The first kappa shape index (κ1) is 9.00. The van der Waals surface area contributed by atoms with Gasteiger partial charge in [0.05, 0.1) is 6.07 Å². The van der Waals surface area contributed by atoms with E-state index in [0.29, 0.717) is 0 Å². The molecular weight excluding hydrogens is 150 g/mol. The third-order valence-electron chi connectivity index (χ3n) is 1.00. The van der Waals surface area contributed by atoms with Gasteiger partial charge >= 0.3 is 0 Å². The van der Waals surface area contributed by atoms with Crippen LogP contribution in [0.4, 0.5) is 0 Å². The van der Waals surface area contributed by atoms with Crippen LogP contribution in [-0.2, 0) is 9.84 Å². The van der Waals surface area contributed by atoms with Crippen LogP contribution in [-0.4, -0.2) is 19.4 Å². The summed E-state index contributed by atoms with van der Waals surface area (Å²) in [7, 11) is -3.36. The Morgan fingerprint density at radius 2 is 2.20 bits per heavy atom. The van der Waals surface area contributed by atoms with Crippen LogP contribution in [0.15, 0.2) is 0 Å². The Labute approximate surface area is 60.6 Å². The molecule has 0 saturated heterocycles. The van der Waals surface area contributed by atoms with Gasteiger partial charge in [-0.15, -0.1) is 6.42 Å². The molecule has 0 aromatic heterocycles. The van der Waals surface area contributed by atoms with Gasteiger partial charge in [-0.25, -0.2) is 8.42 Å². The monoisotopic (exact) mass is 157 g/mol. The molecule has 54 valence electrons. The fourth-order valence-electron chi connectivity index (χ4n) is 0.321. The summed E-state index contributed by atoms with van der Waals surface area (Å²) >= 11 is 0. The maximum atomic E-state index is 10.8. The summed E-state index contributed by atoms with van der Waals surface area (Å²) in [4.78, 5) is 0. The first-order chi connectivity index (χ1) is 4.54. The standard InChI is InChI=1S/C6H7NO2S/c1-3-4-10(8,9)6(2)5-7/h1,6H,4H2,2H3. The van der Waals surface area contributed by atoms with Gasteiger partial charge in [0.2, 0.25) is 0 Å². The van der Waals surface area contributed by atoms with Crippen molar-refractivity contribution in [3.05, 3.63) is 0 Å². The second-order valence-electron chi connectivity index (χ2n) is 1.78. The minimum absolute atomic E-state index is 0.359. The first-order valence-electron chi connectivity index (χ1n) is 2.59. The first-order valence-corrected chi connectivity index (χ1v) is 4.30. The normalized spacial score (nSPS) is 13.1. The van der Waals surface area contributed by atoms with Crippen LogP contribution < -0.4 is 0 Å². The molecule has 0 aromatic carbocycles. The molecule has 1 unspecified atom stereocenters. The smallest absolute Gasteiger partial charge is 0.177 e. The highest BCUT2D eigenvalue weighted by atomic mass is 32.2. The molecule has 0 fully saturated rings. The largest absolute Gasteiger partial charge is 0.226 e. The van der Waals surface area contributed by atoms with Gasteiger partial charge in [-0.1, -0.05) is 5.92 Å². The van der Waals surface area contributed by atoms with Crippen molar-refractivity contribution in [1.82, 2.24) is 0 Å². The van der Waals surface area contributed by atoms with Crippen molar-refractivity contribution in [3.63, 3.8) is 0 Å². The number of hydrogen-bond donors (Lipinski definition) is 0. The second kappa shape index (κ2) is 3.24.